The highest BCUT2D eigenvalue weighted by molar-refractivity contribution is 5.70. The second-order valence-electron chi connectivity index (χ2n) is 6.00. The van der Waals surface area contributed by atoms with Gasteiger partial charge in [0, 0.05) is 31.4 Å². The van der Waals surface area contributed by atoms with Crippen molar-refractivity contribution in [3.05, 3.63) is 17.7 Å². The first-order valence-corrected chi connectivity index (χ1v) is 7.72. The van der Waals surface area contributed by atoms with E-state index < -0.39 is 5.97 Å². The van der Waals surface area contributed by atoms with E-state index in [1.165, 1.54) is 38.0 Å². The molecule has 3 rings (SSSR count). The number of carboxylic acid groups (broad SMARTS) is 1. The molecule has 1 fully saturated rings. The van der Waals surface area contributed by atoms with Gasteiger partial charge in [-0.3, -0.25) is 4.79 Å². The van der Waals surface area contributed by atoms with Crippen molar-refractivity contribution in [3.63, 3.8) is 0 Å². The minimum Gasteiger partial charge on any atom is -0.481 e. The first kappa shape index (κ1) is 13.6. The molecule has 5 heteroatoms. The molecule has 0 saturated carbocycles. The smallest absolute Gasteiger partial charge is 0.308 e. The van der Waals surface area contributed by atoms with Crippen molar-refractivity contribution >= 4 is 5.97 Å². The molecular weight excluding hydrogens is 254 g/mol. The van der Waals surface area contributed by atoms with Gasteiger partial charge in [0.1, 0.15) is 5.82 Å². The summed E-state index contributed by atoms with van der Waals surface area (Å²) in [5.74, 6) is 0.147. The van der Waals surface area contributed by atoms with E-state index in [0.717, 1.165) is 31.6 Å². The summed E-state index contributed by atoms with van der Waals surface area (Å²) in [5, 5.41) is 9.18. The fourth-order valence-electron chi connectivity index (χ4n) is 3.35. The van der Waals surface area contributed by atoms with E-state index >= 15 is 0 Å². The maximum atomic E-state index is 11.2. The Morgan fingerprint density at radius 3 is 2.90 bits per heavy atom. The fourth-order valence-corrected chi connectivity index (χ4v) is 3.35. The zero-order valence-electron chi connectivity index (χ0n) is 11.9. The Morgan fingerprint density at radius 1 is 1.35 bits per heavy atom. The molecular formula is C15H23N3O2. The lowest BCUT2D eigenvalue weighted by atomic mass is 9.98. The first-order valence-electron chi connectivity index (χ1n) is 7.72. The number of aryl methyl sites for hydroxylation is 1. The lowest BCUT2D eigenvalue weighted by molar-refractivity contribution is -0.142. The highest BCUT2D eigenvalue weighted by Gasteiger charge is 2.26. The molecule has 0 spiro atoms. The zero-order valence-corrected chi connectivity index (χ0v) is 11.9. The Kier molecular flexibility index (Phi) is 4.05. The number of hydrogen-bond donors (Lipinski definition) is 1. The zero-order chi connectivity index (χ0) is 13.9. The third-order valence-corrected chi connectivity index (χ3v) is 4.62. The van der Waals surface area contributed by atoms with Crippen LogP contribution in [0.1, 0.15) is 37.2 Å². The first-order chi connectivity index (χ1) is 9.74. The molecule has 110 valence electrons. The number of carboxylic acids is 1. The van der Waals surface area contributed by atoms with Crippen molar-refractivity contribution < 1.29 is 9.90 Å². The van der Waals surface area contributed by atoms with Gasteiger partial charge in [-0.1, -0.05) is 6.42 Å². The van der Waals surface area contributed by atoms with Crippen molar-refractivity contribution in [2.24, 2.45) is 5.92 Å². The summed E-state index contributed by atoms with van der Waals surface area (Å²) in [4.78, 5) is 18.2. The lowest BCUT2D eigenvalue weighted by Crippen LogP contribution is -2.33. The molecule has 2 aliphatic heterocycles. The maximum Gasteiger partial charge on any atom is 0.308 e. The van der Waals surface area contributed by atoms with E-state index in [-0.39, 0.29) is 5.92 Å². The van der Waals surface area contributed by atoms with Gasteiger partial charge < -0.3 is 14.6 Å². The Morgan fingerprint density at radius 2 is 2.15 bits per heavy atom. The van der Waals surface area contributed by atoms with Crippen LogP contribution >= 0.6 is 0 Å². The second kappa shape index (κ2) is 5.95. The van der Waals surface area contributed by atoms with Gasteiger partial charge in [-0.2, -0.15) is 0 Å². The number of likely N-dealkylation sites (tertiary alicyclic amines) is 1. The molecule has 0 aliphatic carbocycles. The van der Waals surface area contributed by atoms with Crippen LogP contribution in [0.25, 0.3) is 0 Å². The second-order valence-corrected chi connectivity index (χ2v) is 6.00. The van der Waals surface area contributed by atoms with Crippen LogP contribution in [-0.2, 0) is 24.2 Å². The van der Waals surface area contributed by atoms with E-state index in [2.05, 4.69) is 14.5 Å². The Balaban J connectivity index is 1.63. The molecule has 5 nitrogen and oxygen atoms in total. The molecule has 0 radical (unpaired) electrons. The monoisotopic (exact) mass is 277 g/mol. The lowest BCUT2D eigenvalue weighted by Gasteiger charge is -2.27. The SMILES string of the molecule is O=C(O)C1CCc2cnc(CCN3CCCCC3)n2C1. The average molecular weight is 277 g/mol. The standard InChI is InChI=1S/C15H23N3O2/c19-15(20)12-4-5-13-10-16-14(18(13)11-12)6-9-17-7-2-1-3-8-17/h10,12H,1-9,11H2,(H,19,20). The van der Waals surface area contributed by atoms with Crippen molar-refractivity contribution in [2.75, 3.05) is 19.6 Å². The van der Waals surface area contributed by atoms with E-state index in [9.17, 15) is 9.90 Å². The molecule has 0 aromatic carbocycles. The summed E-state index contributed by atoms with van der Waals surface area (Å²) < 4.78 is 2.15. The number of aromatic nitrogens is 2. The summed E-state index contributed by atoms with van der Waals surface area (Å²) in [5.41, 5.74) is 1.20. The molecule has 2 aliphatic rings. The van der Waals surface area contributed by atoms with Crippen molar-refractivity contribution in [2.45, 2.75) is 45.1 Å². The van der Waals surface area contributed by atoms with Gasteiger partial charge >= 0.3 is 5.97 Å². The van der Waals surface area contributed by atoms with Crippen molar-refractivity contribution in [3.8, 4) is 0 Å². The van der Waals surface area contributed by atoms with E-state index in [1.54, 1.807) is 0 Å². The molecule has 1 aromatic heterocycles. The Hall–Kier alpha value is -1.36. The van der Waals surface area contributed by atoms with Gasteiger partial charge in [0.2, 0.25) is 0 Å². The molecule has 1 N–H and O–H groups in total. The molecule has 3 heterocycles. The quantitative estimate of drug-likeness (QED) is 0.907. The molecule has 0 amide bonds. The largest absolute Gasteiger partial charge is 0.481 e. The van der Waals surface area contributed by atoms with Gasteiger partial charge in [-0.15, -0.1) is 0 Å². The highest BCUT2D eigenvalue weighted by Crippen LogP contribution is 2.22. The van der Waals surface area contributed by atoms with Crippen molar-refractivity contribution in [1.29, 1.82) is 0 Å². The molecule has 0 bridgehead atoms. The van der Waals surface area contributed by atoms with Crippen LogP contribution in [0.3, 0.4) is 0 Å². The topological polar surface area (TPSA) is 58.4 Å². The summed E-state index contributed by atoms with van der Waals surface area (Å²) in [7, 11) is 0. The van der Waals surface area contributed by atoms with E-state index in [4.69, 9.17) is 0 Å². The summed E-state index contributed by atoms with van der Waals surface area (Å²) in [6.07, 6.45) is 8.42. The summed E-state index contributed by atoms with van der Waals surface area (Å²) >= 11 is 0. The predicted molar refractivity (Wildman–Crippen MR) is 75.7 cm³/mol. The number of aliphatic carboxylic acids is 1. The maximum absolute atomic E-state index is 11.2. The van der Waals surface area contributed by atoms with Gasteiger partial charge in [0.05, 0.1) is 5.92 Å². The van der Waals surface area contributed by atoms with Gasteiger partial charge in [0.25, 0.3) is 0 Å². The Labute approximate surface area is 119 Å². The number of carbonyl (C=O) groups is 1. The van der Waals surface area contributed by atoms with E-state index in [0.29, 0.717) is 6.54 Å². The van der Waals surface area contributed by atoms with Crippen LogP contribution in [0.2, 0.25) is 0 Å². The summed E-state index contributed by atoms with van der Waals surface area (Å²) in [6.45, 7) is 4.05. The molecule has 1 atom stereocenters. The van der Waals surface area contributed by atoms with Gasteiger partial charge in [0.15, 0.2) is 0 Å². The van der Waals surface area contributed by atoms with Crippen LogP contribution in [-0.4, -0.2) is 45.2 Å². The number of nitrogens with zero attached hydrogens (tertiary/aromatic N) is 3. The van der Waals surface area contributed by atoms with Crippen LogP contribution in [0, 0.1) is 5.92 Å². The van der Waals surface area contributed by atoms with Crippen LogP contribution < -0.4 is 0 Å². The van der Waals surface area contributed by atoms with Crippen LogP contribution in [0.5, 0.6) is 0 Å². The summed E-state index contributed by atoms with van der Waals surface area (Å²) in [6, 6.07) is 0. The molecule has 20 heavy (non-hydrogen) atoms. The molecule has 1 saturated heterocycles. The third kappa shape index (κ3) is 2.87. The van der Waals surface area contributed by atoms with Gasteiger partial charge in [-0.25, -0.2) is 4.98 Å². The van der Waals surface area contributed by atoms with Crippen molar-refractivity contribution in [1.82, 2.24) is 14.5 Å². The number of hydrogen-bond acceptors (Lipinski definition) is 3. The fraction of sp³-hybridized carbons (Fsp3) is 0.733. The number of imidazole rings is 1. The van der Waals surface area contributed by atoms with Crippen LogP contribution in [0.4, 0.5) is 0 Å². The molecule has 1 unspecified atom stereocenters. The molecule has 1 aromatic rings. The minimum atomic E-state index is -0.675. The normalized spacial score (nSPS) is 23.5. The highest BCUT2D eigenvalue weighted by atomic mass is 16.4. The van der Waals surface area contributed by atoms with Gasteiger partial charge in [-0.05, 0) is 38.8 Å². The third-order valence-electron chi connectivity index (χ3n) is 4.62. The average Bonchev–Trinajstić information content (AvgIpc) is 2.88. The number of rotatable bonds is 4. The number of piperidine rings is 1. The minimum absolute atomic E-state index is 0.245. The van der Waals surface area contributed by atoms with E-state index in [1.807, 2.05) is 6.20 Å². The van der Waals surface area contributed by atoms with Crippen LogP contribution in [0.15, 0.2) is 6.20 Å². The number of fused-ring (bicyclic) bond motifs is 1. The Bertz CT molecular complexity index is 477. The predicted octanol–water partition coefficient (Wildman–Crippen LogP) is 1.56.